The molecule has 0 rings (SSSR count). The lowest BCUT2D eigenvalue weighted by Crippen LogP contribution is -2.41. The second kappa shape index (κ2) is 40.3. The van der Waals surface area contributed by atoms with E-state index in [0.717, 1.165) is 69.1 Å². The number of imide groups is 3. The van der Waals surface area contributed by atoms with Crippen LogP contribution in [-0.4, -0.2) is 22.6 Å². The van der Waals surface area contributed by atoms with Gasteiger partial charge in [-0.2, -0.15) is 0 Å². The van der Waals surface area contributed by atoms with E-state index in [2.05, 4.69) is 32.9 Å². The summed E-state index contributed by atoms with van der Waals surface area (Å²) in [4.78, 5) is 40.8. The van der Waals surface area contributed by atoms with E-state index in [9.17, 15) is 14.4 Å². The van der Waals surface area contributed by atoms with Gasteiger partial charge in [-0.25, -0.2) is 4.90 Å². The summed E-state index contributed by atoms with van der Waals surface area (Å²) in [5.41, 5.74) is 0. The lowest BCUT2D eigenvalue weighted by atomic mass is 10.0. The van der Waals surface area contributed by atoms with Gasteiger partial charge >= 0.3 is 0 Å². The molecule has 294 valence electrons. The molecule has 0 aliphatic heterocycles. The minimum atomic E-state index is -0.260. The summed E-state index contributed by atoms with van der Waals surface area (Å²) < 4.78 is 0. The van der Waals surface area contributed by atoms with Crippen LogP contribution in [0.1, 0.15) is 265 Å². The number of hydrogen-bond acceptors (Lipinski definition) is 3. The molecule has 0 fully saturated rings. The molecule has 0 aromatic carbocycles. The Bertz CT molecular complexity index is 737. The number of rotatable bonds is 39. The molecule has 3 amide bonds. The summed E-state index contributed by atoms with van der Waals surface area (Å²) in [7, 11) is 0. The second-order valence-electron chi connectivity index (χ2n) is 15.4. The van der Waals surface area contributed by atoms with E-state index >= 15 is 0 Å². The molecule has 4 heteroatoms. The predicted molar refractivity (Wildman–Crippen MR) is 218 cm³/mol. The van der Waals surface area contributed by atoms with E-state index < -0.39 is 0 Å². The fraction of sp³-hybridized carbons (Fsp3) is 0.891. The Hall–Kier alpha value is -1.45. The maximum Gasteiger partial charge on any atom is 0.236 e. The third-order valence-electron chi connectivity index (χ3n) is 10.4. The summed E-state index contributed by atoms with van der Waals surface area (Å²) >= 11 is 0. The molecule has 0 bridgehead atoms. The highest BCUT2D eigenvalue weighted by Crippen LogP contribution is 2.17. The monoisotopic (exact) mass is 702 g/mol. The standard InChI is InChI=1S/C46H87NO3/c1-4-7-10-13-16-19-22-23-24-25-28-31-34-37-40-43-46(50)47(44(48)41-38-35-32-29-26-20-17-14-11-8-5-2)45(49)42-39-36-33-30-27-21-18-15-12-9-6-3/h23-24H,4-22,25-43H2,1-3H3/b24-23-. The number of hydrogen-bond donors (Lipinski definition) is 0. The fourth-order valence-electron chi connectivity index (χ4n) is 6.98. The number of amides is 3. The molecule has 0 saturated carbocycles. The van der Waals surface area contributed by atoms with E-state index in [1.807, 2.05) is 0 Å². The molecule has 0 spiro atoms. The van der Waals surface area contributed by atoms with Gasteiger partial charge in [-0.15, -0.1) is 0 Å². The predicted octanol–water partition coefficient (Wildman–Crippen LogP) is 15.3. The molecule has 0 saturated heterocycles. The van der Waals surface area contributed by atoms with Crippen LogP contribution in [0.2, 0.25) is 0 Å². The maximum absolute atomic E-state index is 13.2. The average molecular weight is 702 g/mol. The first-order valence-electron chi connectivity index (χ1n) is 22.6. The topological polar surface area (TPSA) is 54.5 Å². The van der Waals surface area contributed by atoms with Crippen molar-refractivity contribution in [3.8, 4) is 0 Å². The molecule has 0 atom stereocenters. The zero-order valence-corrected chi connectivity index (χ0v) is 34.2. The molecular formula is C46H87NO3. The fourth-order valence-corrected chi connectivity index (χ4v) is 6.98. The Morgan fingerprint density at radius 3 is 0.740 bits per heavy atom. The van der Waals surface area contributed by atoms with Gasteiger partial charge < -0.3 is 0 Å². The van der Waals surface area contributed by atoms with Crippen LogP contribution in [0.15, 0.2) is 12.2 Å². The van der Waals surface area contributed by atoms with E-state index in [-0.39, 0.29) is 17.7 Å². The van der Waals surface area contributed by atoms with Crippen LogP contribution < -0.4 is 0 Å². The summed E-state index contributed by atoms with van der Waals surface area (Å²) in [5, 5.41) is 0. The van der Waals surface area contributed by atoms with E-state index in [0.29, 0.717) is 19.3 Å². The van der Waals surface area contributed by atoms with Gasteiger partial charge in [-0.05, 0) is 44.9 Å². The van der Waals surface area contributed by atoms with Crippen LogP contribution >= 0.6 is 0 Å². The Kier molecular flexibility index (Phi) is 39.2. The smallest absolute Gasteiger partial charge is 0.236 e. The summed E-state index contributed by atoms with van der Waals surface area (Å²) in [6.45, 7) is 6.78. The van der Waals surface area contributed by atoms with Crippen LogP contribution in [0.25, 0.3) is 0 Å². The van der Waals surface area contributed by atoms with Gasteiger partial charge in [0.1, 0.15) is 0 Å². The van der Waals surface area contributed by atoms with Crippen LogP contribution in [0.3, 0.4) is 0 Å². The van der Waals surface area contributed by atoms with Crippen molar-refractivity contribution in [2.75, 3.05) is 0 Å². The van der Waals surface area contributed by atoms with Crippen molar-refractivity contribution in [3.63, 3.8) is 0 Å². The van der Waals surface area contributed by atoms with E-state index in [1.54, 1.807) is 0 Å². The molecule has 0 aromatic heterocycles. The van der Waals surface area contributed by atoms with Crippen molar-refractivity contribution >= 4 is 17.7 Å². The zero-order chi connectivity index (χ0) is 36.6. The minimum absolute atomic E-state index is 0.258. The molecule has 4 nitrogen and oxygen atoms in total. The Morgan fingerprint density at radius 1 is 0.300 bits per heavy atom. The first-order chi connectivity index (χ1) is 24.6. The molecule has 0 radical (unpaired) electrons. The van der Waals surface area contributed by atoms with E-state index in [1.165, 1.54) is 161 Å². The van der Waals surface area contributed by atoms with Crippen LogP contribution in [0.4, 0.5) is 0 Å². The third kappa shape index (κ3) is 33.7. The second-order valence-corrected chi connectivity index (χ2v) is 15.4. The third-order valence-corrected chi connectivity index (χ3v) is 10.4. The number of carbonyl (C=O) groups excluding carboxylic acids is 3. The van der Waals surface area contributed by atoms with Crippen molar-refractivity contribution in [1.29, 1.82) is 0 Å². The summed E-state index contributed by atoms with van der Waals surface area (Å²) in [5.74, 6) is -0.776. The number of allylic oxidation sites excluding steroid dienone is 2. The minimum Gasteiger partial charge on any atom is -0.274 e. The highest BCUT2D eigenvalue weighted by Gasteiger charge is 2.27. The molecule has 0 aliphatic carbocycles. The molecular weight excluding hydrogens is 615 g/mol. The molecule has 0 heterocycles. The van der Waals surface area contributed by atoms with E-state index in [4.69, 9.17) is 0 Å². The van der Waals surface area contributed by atoms with Crippen LogP contribution in [0, 0.1) is 0 Å². The van der Waals surface area contributed by atoms with Gasteiger partial charge in [0.15, 0.2) is 0 Å². The zero-order valence-electron chi connectivity index (χ0n) is 34.2. The van der Waals surface area contributed by atoms with Gasteiger partial charge in [-0.1, -0.05) is 213 Å². The van der Waals surface area contributed by atoms with Gasteiger partial charge in [0, 0.05) is 19.3 Å². The van der Waals surface area contributed by atoms with Crippen molar-refractivity contribution in [2.24, 2.45) is 0 Å². The first-order valence-corrected chi connectivity index (χ1v) is 22.6. The van der Waals surface area contributed by atoms with Gasteiger partial charge in [0.2, 0.25) is 17.7 Å². The number of unbranched alkanes of at least 4 members (excludes halogenated alkanes) is 31. The Balaban J connectivity index is 4.40. The van der Waals surface area contributed by atoms with Crippen molar-refractivity contribution < 1.29 is 14.4 Å². The number of nitrogens with zero attached hydrogens (tertiary/aromatic N) is 1. The Morgan fingerprint density at radius 2 is 0.500 bits per heavy atom. The van der Waals surface area contributed by atoms with Gasteiger partial charge in [0.25, 0.3) is 0 Å². The van der Waals surface area contributed by atoms with Crippen molar-refractivity contribution in [2.45, 2.75) is 265 Å². The normalized spacial score (nSPS) is 11.5. The summed E-state index contributed by atoms with van der Waals surface area (Å²) in [6, 6.07) is 0. The average Bonchev–Trinajstić information content (AvgIpc) is 3.11. The molecule has 0 N–H and O–H groups in total. The largest absolute Gasteiger partial charge is 0.274 e. The molecule has 0 aliphatic rings. The van der Waals surface area contributed by atoms with Gasteiger partial charge in [0.05, 0.1) is 0 Å². The molecule has 0 unspecified atom stereocenters. The Labute approximate surface area is 313 Å². The quantitative estimate of drug-likeness (QED) is 0.0473. The van der Waals surface area contributed by atoms with Crippen LogP contribution in [-0.2, 0) is 14.4 Å². The highest BCUT2D eigenvalue weighted by molar-refractivity contribution is 6.10. The van der Waals surface area contributed by atoms with Gasteiger partial charge in [-0.3, -0.25) is 14.4 Å². The SMILES string of the molecule is CCCCCCCC/C=C\CCCCCCCC(=O)N(C(=O)CCCCCCCCCCCCC)C(=O)CCCCCCCCCCCCC. The summed E-state index contributed by atoms with van der Waals surface area (Å²) in [6.07, 6.45) is 48.2. The lowest BCUT2D eigenvalue weighted by molar-refractivity contribution is -0.154. The van der Waals surface area contributed by atoms with Crippen LogP contribution in [0.5, 0.6) is 0 Å². The molecule has 0 aromatic rings. The maximum atomic E-state index is 13.2. The van der Waals surface area contributed by atoms with Crippen molar-refractivity contribution in [3.05, 3.63) is 12.2 Å². The van der Waals surface area contributed by atoms with Crippen molar-refractivity contribution in [1.82, 2.24) is 4.90 Å². The lowest BCUT2D eigenvalue weighted by Gasteiger charge is -2.19. The number of carbonyl (C=O) groups is 3. The first kappa shape index (κ1) is 48.5. The highest BCUT2D eigenvalue weighted by atomic mass is 16.2. The molecule has 50 heavy (non-hydrogen) atoms.